The lowest BCUT2D eigenvalue weighted by atomic mass is 10.1. The fraction of sp³-hybridized carbons (Fsp3) is 0.353. The third-order valence-electron chi connectivity index (χ3n) is 4.08. The van der Waals surface area contributed by atoms with E-state index in [1.54, 1.807) is 0 Å². The minimum Gasteiger partial charge on any atom is -0.445 e. The molecule has 1 N–H and O–H groups in total. The van der Waals surface area contributed by atoms with Crippen LogP contribution in [0.1, 0.15) is 46.3 Å². The highest BCUT2D eigenvalue weighted by atomic mass is 32.1. The van der Waals surface area contributed by atoms with Crippen LogP contribution in [-0.4, -0.2) is 22.5 Å². The van der Waals surface area contributed by atoms with Gasteiger partial charge in [-0.05, 0) is 43.9 Å². The Bertz CT molecular complexity index is 909. The van der Waals surface area contributed by atoms with Crippen LogP contribution in [0.15, 0.2) is 22.9 Å². The normalized spacial score (nSPS) is 17.5. The molecule has 0 spiro atoms. The molecule has 1 aromatic carbocycles. The van der Waals surface area contributed by atoms with E-state index in [1.807, 2.05) is 13.8 Å². The lowest BCUT2D eigenvalue weighted by molar-refractivity contribution is 0.0889. The number of hydrogen-bond acceptors (Lipinski definition) is 6. The highest BCUT2D eigenvalue weighted by Crippen LogP contribution is 2.32. The molecule has 7 heteroatoms. The van der Waals surface area contributed by atoms with E-state index in [2.05, 4.69) is 27.4 Å². The number of anilines is 1. The molecule has 1 aliphatic heterocycles. The summed E-state index contributed by atoms with van der Waals surface area (Å²) in [5, 5.41) is 3.39. The zero-order chi connectivity index (χ0) is 16.7. The van der Waals surface area contributed by atoms with Gasteiger partial charge in [0, 0.05) is 6.61 Å². The zero-order valence-corrected chi connectivity index (χ0v) is 14.3. The minimum absolute atomic E-state index is 0.187. The number of ether oxygens (including phenoxy) is 1. The average Bonchev–Trinajstić information content (AvgIpc) is 3.26. The van der Waals surface area contributed by atoms with Crippen LogP contribution in [0.4, 0.5) is 5.13 Å². The largest absolute Gasteiger partial charge is 0.445 e. The number of thiazole rings is 1. The molecule has 3 heterocycles. The Morgan fingerprint density at radius 3 is 3.04 bits per heavy atom. The number of fused-ring (bicyclic) bond motifs is 1. The predicted octanol–water partition coefficient (Wildman–Crippen LogP) is 4.00. The molecule has 24 heavy (non-hydrogen) atoms. The number of aryl methyl sites for hydroxylation is 2. The van der Waals surface area contributed by atoms with E-state index in [4.69, 9.17) is 9.15 Å². The van der Waals surface area contributed by atoms with Gasteiger partial charge < -0.3 is 9.15 Å². The number of oxazole rings is 1. The van der Waals surface area contributed by atoms with Crippen LogP contribution in [0.3, 0.4) is 0 Å². The van der Waals surface area contributed by atoms with Crippen molar-refractivity contribution >= 4 is 32.6 Å². The summed E-state index contributed by atoms with van der Waals surface area (Å²) < 4.78 is 12.0. The summed E-state index contributed by atoms with van der Waals surface area (Å²) in [6, 6.07) is 4.16. The van der Waals surface area contributed by atoms with Crippen molar-refractivity contribution < 1.29 is 13.9 Å². The molecule has 0 radical (unpaired) electrons. The maximum atomic E-state index is 12.6. The van der Waals surface area contributed by atoms with Crippen molar-refractivity contribution in [3.05, 3.63) is 41.1 Å². The van der Waals surface area contributed by atoms with Gasteiger partial charge >= 0.3 is 0 Å². The molecule has 1 aliphatic rings. The molecule has 1 amide bonds. The SMILES string of the molecule is Cc1cc(C)c2nc(NC(=O)c3ncoc3C3CCCO3)sc2c1. The zero-order valence-electron chi connectivity index (χ0n) is 13.5. The van der Waals surface area contributed by atoms with Crippen LogP contribution in [0, 0.1) is 13.8 Å². The van der Waals surface area contributed by atoms with E-state index in [0.29, 0.717) is 17.5 Å². The van der Waals surface area contributed by atoms with Gasteiger partial charge in [0.1, 0.15) is 6.10 Å². The van der Waals surface area contributed by atoms with Crippen LogP contribution in [0.2, 0.25) is 0 Å². The first-order valence-corrected chi connectivity index (χ1v) is 8.67. The van der Waals surface area contributed by atoms with Crippen molar-refractivity contribution in [3.8, 4) is 0 Å². The molecule has 1 saturated heterocycles. The van der Waals surface area contributed by atoms with Crippen molar-refractivity contribution in [3.63, 3.8) is 0 Å². The maximum absolute atomic E-state index is 12.6. The Balaban J connectivity index is 1.61. The van der Waals surface area contributed by atoms with Crippen molar-refractivity contribution in [1.29, 1.82) is 0 Å². The molecule has 6 nitrogen and oxygen atoms in total. The van der Waals surface area contributed by atoms with Crippen molar-refractivity contribution in [2.24, 2.45) is 0 Å². The second kappa shape index (κ2) is 5.99. The van der Waals surface area contributed by atoms with Gasteiger partial charge in [-0.15, -0.1) is 0 Å². The second-order valence-electron chi connectivity index (χ2n) is 5.97. The smallest absolute Gasteiger partial charge is 0.279 e. The third-order valence-corrected chi connectivity index (χ3v) is 5.00. The first-order valence-electron chi connectivity index (χ1n) is 7.86. The highest BCUT2D eigenvalue weighted by molar-refractivity contribution is 7.22. The molecule has 0 aliphatic carbocycles. The molecule has 1 unspecified atom stereocenters. The maximum Gasteiger partial charge on any atom is 0.279 e. The third kappa shape index (κ3) is 2.70. The summed E-state index contributed by atoms with van der Waals surface area (Å²) >= 11 is 1.46. The van der Waals surface area contributed by atoms with Crippen molar-refractivity contribution in [2.45, 2.75) is 32.8 Å². The molecular formula is C17H17N3O3S. The Morgan fingerprint density at radius 1 is 1.38 bits per heavy atom. The van der Waals surface area contributed by atoms with Gasteiger partial charge in [-0.2, -0.15) is 0 Å². The molecule has 4 rings (SSSR count). The molecular weight excluding hydrogens is 326 g/mol. The first kappa shape index (κ1) is 15.3. The molecule has 2 aromatic heterocycles. The molecule has 1 fully saturated rings. The number of rotatable bonds is 3. The molecule has 3 aromatic rings. The first-order chi connectivity index (χ1) is 11.6. The van der Waals surface area contributed by atoms with E-state index in [0.717, 1.165) is 28.6 Å². The van der Waals surface area contributed by atoms with E-state index in [-0.39, 0.29) is 17.7 Å². The fourth-order valence-corrected chi connectivity index (χ4v) is 4.06. The van der Waals surface area contributed by atoms with Crippen molar-refractivity contribution in [1.82, 2.24) is 9.97 Å². The number of aromatic nitrogens is 2. The number of hydrogen-bond donors (Lipinski definition) is 1. The van der Waals surface area contributed by atoms with Crippen molar-refractivity contribution in [2.75, 3.05) is 11.9 Å². The molecule has 0 bridgehead atoms. The fourth-order valence-electron chi connectivity index (χ4n) is 3.02. The van der Waals surface area contributed by atoms with Crippen LogP contribution < -0.4 is 5.32 Å². The summed E-state index contributed by atoms with van der Waals surface area (Å²) in [6.45, 7) is 4.75. The summed E-state index contributed by atoms with van der Waals surface area (Å²) in [7, 11) is 0. The highest BCUT2D eigenvalue weighted by Gasteiger charge is 2.28. The summed E-state index contributed by atoms with van der Waals surface area (Å²) in [6.07, 6.45) is 2.91. The summed E-state index contributed by atoms with van der Waals surface area (Å²) in [4.78, 5) is 21.1. The van der Waals surface area contributed by atoms with Crippen LogP contribution >= 0.6 is 11.3 Å². The van der Waals surface area contributed by atoms with Crippen LogP contribution in [-0.2, 0) is 4.74 Å². The summed E-state index contributed by atoms with van der Waals surface area (Å²) in [5.74, 6) is 0.181. The monoisotopic (exact) mass is 343 g/mol. The Kier molecular flexibility index (Phi) is 3.82. The lowest BCUT2D eigenvalue weighted by Gasteiger charge is -2.07. The molecule has 124 valence electrons. The van der Waals surface area contributed by atoms with Gasteiger partial charge in [0.25, 0.3) is 5.91 Å². The van der Waals surface area contributed by atoms with Crippen LogP contribution in [0.25, 0.3) is 10.2 Å². The Labute approximate surface area is 142 Å². The minimum atomic E-state index is -0.317. The van der Waals surface area contributed by atoms with Gasteiger partial charge in [0.05, 0.1) is 10.2 Å². The number of carbonyl (C=O) groups excluding carboxylic acids is 1. The number of nitrogens with zero attached hydrogens (tertiary/aromatic N) is 2. The topological polar surface area (TPSA) is 77.3 Å². The Hall–Kier alpha value is -2.25. The second-order valence-corrected chi connectivity index (χ2v) is 7.00. The number of carbonyl (C=O) groups is 1. The van der Waals surface area contributed by atoms with E-state index < -0.39 is 0 Å². The van der Waals surface area contributed by atoms with E-state index in [1.165, 1.54) is 23.3 Å². The summed E-state index contributed by atoms with van der Waals surface area (Å²) in [5.41, 5.74) is 3.47. The number of nitrogens with one attached hydrogen (secondary N) is 1. The number of amides is 1. The standard InChI is InChI=1S/C17H17N3O3S/c1-9-6-10(2)13-12(7-9)24-17(19-13)20-16(21)14-15(23-8-18-14)11-4-3-5-22-11/h6-8,11H,3-5H2,1-2H3,(H,19,20,21). The quantitative estimate of drug-likeness (QED) is 0.777. The lowest BCUT2D eigenvalue weighted by Crippen LogP contribution is -2.15. The van der Waals surface area contributed by atoms with E-state index >= 15 is 0 Å². The van der Waals surface area contributed by atoms with Gasteiger partial charge in [0.15, 0.2) is 23.0 Å². The predicted molar refractivity (Wildman–Crippen MR) is 91.5 cm³/mol. The average molecular weight is 343 g/mol. The van der Waals surface area contributed by atoms with E-state index in [9.17, 15) is 4.79 Å². The number of benzene rings is 1. The molecule has 0 saturated carbocycles. The van der Waals surface area contributed by atoms with Crippen LogP contribution in [0.5, 0.6) is 0 Å². The van der Waals surface area contributed by atoms with Gasteiger partial charge in [-0.3, -0.25) is 10.1 Å². The van der Waals surface area contributed by atoms with Gasteiger partial charge in [-0.1, -0.05) is 17.4 Å². The molecule has 1 atom stereocenters. The Morgan fingerprint density at radius 2 is 2.25 bits per heavy atom. The van der Waals surface area contributed by atoms with Gasteiger partial charge in [0.2, 0.25) is 0 Å². The van der Waals surface area contributed by atoms with Gasteiger partial charge in [-0.25, -0.2) is 9.97 Å².